The van der Waals surface area contributed by atoms with Crippen LogP contribution in [0.25, 0.3) is 0 Å². The van der Waals surface area contributed by atoms with Crippen LogP contribution in [-0.4, -0.2) is 36.9 Å². The van der Waals surface area contributed by atoms with Crippen molar-refractivity contribution in [3.8, 4) is 0 Å². The maximum Gasteiger partial charge on any atom is 0.223 e. The van der Waals surface area contributed by atoms with Crippen LogP contribution in [-0.2, 0) is 11.3 Å². The van der Waals surface area contributed by atoms with Crippen LogP contribution in [0.5, 0.6) is 0 Å². The van der Waals surface area contributed by atoms with Crippen LogP contribution in [0.15, 0.2) is 59.6 Å². The van der Waals surface area contributed by atoms with E-state index in [1.807, 2.05) is 30.1 Å². The van der Waals surface area contributed by atoms with Gasteiger partial charge in [0.05, 0.1) is 12.6 Å². The highest BCUT2D eigenvalue weighted by molar-refractivity contribution is 14.0. The van der Waals surface area contributed by atoms with Crippen molar-refractivity contribution in [2.45, 2.75) is 45.7 Å². The van der Waals surface area contributed by atoms with Gasteiger partial charge in [-0.2, -0.15) is 0 Å². The molecular formula is C25H35IN4O. The summed E-state index contributed by atoms with van der Waals surface area (Å²) in [6, 6.07) is 18.9. The van der Waals surface area contributed by atoms with E-state index >= 15 is 0 Å². The second-order valence-electron chi connectivity index (χ2n) is 8.14. The van der Waals surface area contributed by atoms with Gasteiger partial charge in [-0.1, -0.05) is 73.5 Å². The number of carbonyl (C=O) groups excluding carboxylic acids is 1. The molecule has 1 aliphatic rings. The first-order valence-corrected chi connectivity index (χ1v) is 11.0. The molecule has 31 heavy (non-hydrogen) atoms. The molecule has 5 nitrogen and oxygen atoms in total. The van der Waals surface area contributed by atoms with E-state index in [0.29, 0.717) is 19.5 Å². The van der Waals surface area contributed by atoms with Crippen LogP contribution in [0.4, 0.5) is 0 Å². The molecule has 0 radical (unpaired) electrons. The molecule has 1 heterocycles. The summed E-state index contributed by atoms with van der Waals surface area (Å²) < 4.78 is 0. The molecule has 2 N–H and O–H groups in total. The Morgan fingerprint density at radius 3 is 2.48 bits per heavy atom. The molecule has 1 saturated heterocycles. The number of likely N-dealkylation sites (tertiary alicyclic amines) is 1. The molecule has 0 bridgehead atoms. The fourth-order valence-electron chi connectivity index (χ4n) is 3.93. The first-order valence-electron chi connectivity index (χ1n) is 11.0. The highest BCUT2D eigenvalue weighted by Gasteiger charge is 2.38. The molecule has 2 aromatic carbocycles. The standard InChI is InChI=1S/C25H34N4O.HI/c1-4-5-15-26-25(27-17-20-13-11-19(2)12-14-20)28-18-22-16-23(30)29(3)24(22)21-9-7-6-8-10-21;/h6-14,22,24H,4-5,15-18H2,1-3H3,(H2,26,27,28);1H. The average Bonchev–Trinajstić information content (AvgIpc) is 3.05. The highest BCUT2D eigenvalue weighted by Crippen LogP contribution is 2.36. The normalized spacial score (nSPS) is 18.6. The van der Waals surface area contributed by atoms with Crippen LogP contribution < -0.4 is 10.6 Å². The van der Waals surface area contributed by atoms with Crippen LogP contribution >= 0.6 is 24.0 Å². The van der Waals surface area contributed by atoms with Gasteiger partial charge >= 0.3 is 0 Å². The van der Waals surface area contributed by atoms with Gasteiger partial charge in [-0.15, -0.1) is 24.0 Å². The third kappa shape index (κ3) is 7.23. The van der Waals surface area contributed by atoms with Gasteiger partial charge in [0, 0.05) is 32.5 Å². The van der Waals surface area contributed by atoms with Gasteiger partial charge in [0.25, 0.3) is 0 Å². The molecule has 168 valence electrons. The van der Waals surface area contributed by atoms with Gasteiger partial charge in [0.15, 0.2) is 5.96 Å². The van der Waals surface area contributed by atoms with Crippen molar-refractivity contribution >= 4 is 35.8 Å². The molecule has 1 fully saturated rings. The summed E-state index contributed by atoms with van der Waals surface area (Å²) >= 11 is 0. The number of guanidine groups is 1. The van der Waals surface area contributed by atoms with E-state index in [2.05, 4.69) is 60.9 Å². The molecule has 0 aliphatic carbocycles. The Morgan fingerprint density at radius 2 is 1.81 bits per heavy atom. The van der Waals surface area contributed by atoms with Crippen LogP contribution in [0.1, 0.15) is 48.9 Å². The first-order chi connectivity index (χ1) is 14.6. The molecule has 1 amide bonds. The quantitative estimate of drug-likeness (QED) is 0.224. The second kappa shape index (κ2) is 12.7. The fraction of sp³-hybridized carbons (Fsp3) is 0.440. The summed E-state index contributed by atoms with van der Waals surface area (Å²) in [5, 5.41) is 6.95. The first kappa shape index (κ1) is 25.2. The van der Waals surface area contributed by atoms with Crippen molar-refractivity contribution in [2.75, 3.05) is 20.1 Å². The summed E-state index contributed by atoms with van der Waals surface area (Å²) in [4.78, 5) is 19.1. The van der Waals surface area contributed by atoms with E-state index < -0.39 is 0 Å². The van der Waals surface area contributed by atoms with Gasteiger partial charge < -0.3 is 15.5 Å². The van der Waals surface area contributed by atoms with Gasteiger partial charge in [-0.25, -0.2) is 4.99 Å². The van der Waals surface area contributed by atoms with Crippen LogP contribution in [0.3, 0.4) is 0 Å². The minimum absolute atomic E-state index is 0. The average molecular weight is 534 g/mol. The lowest BCUT2D eigenvalue weighted by molar-refractivity contribution is -0.127. The van der Waals surface area contributed by atoms with E-state index in [-0.39, 0.29) is 41.8 Å². The van der Waals surface area contributed by atoms with E-state index in [1.54, 1.807) is 0 Å². The predicted octanol–water partition coefficient (Wildman–Crippen LogP) is 4.67. The SMILES string of the molecule is CCCCNC(=NCc1ccc(C)cc1)NCC1CC(=O)N(C)C1c1ccccc1.I. The van der Waals surface area contributed by atoms with Crippen molar-refractivity contribution in [3.63, 3.8) is 0 Å². The van der Waals surface area contributed by atoms with Crippen molar-refractivity contribution in [2.24, 2.45) is 10.9 Å². The largest absolute Gasteiger partial charge is 0.356 e. The number of unbranched alkanes of at least 4 members (excludes halogenated alkanes) is 1. The van der Waals surface area contributed by atoms with Gasteiger partial charge in [-0.3, -0.25) is 4.79 Å². The van der Waals surface area contributed by atoms with Crippen LogP contribution in [0, 0.1) is 12.8 Å². The molecule has 2 atom stereocenters. The number of hydrogen-bond donors (Lipinski definition) is 2. The Balaban J connectivity index is 0.00000341. The summed E-state index contributed by atoms with van der Waals surface area (Å²) in [5.74, 6) is 1.23. The summed E-state index contributed by atoms with van der Waals surface area (Å²) in [6.45, 7) is 6.51. The fourth-order valence-corrected chi connectivity index (χ4v) is 3.93. The summed E-state index contributed by atoms with van der Waals surface area (Å²) in [7, 11) is 1.91. The van der Waals surface area contributed by atoms with E-state index in [0.717, 1.165) is 25.3 Å². The van der Waals surface area contributed by atoms with Gasteiger partial charge in [0.2, 0.25) is 5.91 Å². The zero-order chi connectivity index (χ0) is 21.3. The topological polar surface area (TPSA) is 56.7 Å². The second-order valence-corrected chi connectivity index (χ2v) is 8.14. The Labute approximate surface area is 203 Å². The Kier molecular flexibility index (Phi) is 10.3. The number of nitrogens with zero attached hydrogens (tertiary/aromatic N) is 2. The lowest BCUT2D eigenvalue weighted by atomic mass is 9.94. The lowest BCUT2D eigenvalue weighted by Gasteiger charge is -2.26. The minimum atomic E-state index is 0. The molecule has 3 rings (SSSR count). The third-order valence-corrected chi connectivity index (χ3v) is 5.73. The van der Waals surface area contributed by atoms with Crippen molar-refractivity contribution < 1.29 is 4.79 Å². The minimum Gasteiger partial charge on any atom is -0.356 e. The number of aliphatic imine (C=N–C) groups is 1. The number of nitrogens with one attached hydrogen (secondary N) is 2. The Bertz CT molecular complexity index is 838. The van der Waals surface area contributed by atoms with E-state index in [1.165, 1.54) is 16.7 Å². The third-order valence-electron chi connectivity index (χ3n) is 5.73. The van der Waals surface area contributed by atoms with Crippen LogP contribution in [0.2, 0.25) is 0 Å². The number of rotatable bonds is 8. The lowest BCUT2D eigenvalue weighted by Crippen LogP contribution is -2.41. The monoisotopic (exact) mass is 534 g/mol. The molecule has 2 unspecified atom stereocenters. The van der Waals surface area contributed by atoms with Gasteiger partial charge in [0.1, 0.15) is 0 Å². The zero-order valence-electron chi connectivity index (χ0n) is 18.8. The Morgan fingerprint density at radius 1 is 1.10 bits per heavy atom. The van der Waals surface area contributed by atoms with Crippen molar-refractivity contribution in [1.82, 2.24) is 15.5 Å². The summed E-state index contributed by atoms with van der Waals surface area (Å²) in [5.41, 5.74) is 3.63. The smallest absolute Gasteiger partial charge is 0.223 e. The molecule has 0 spiro atoms. The maximum absolute atomic E-state index is 12.4. The number of benzene rings is 2. The number of carbonyl (C=O) groups is 1. The van der Waals surface area contributed by atoms with Gasteiger partial charge in [-0.05, 0) is 24.5 Å². The molecule has 6 heteroatoms. The predicted molar refractivity (Wildman–Crippen MR) is 139 cm³/mol. The molecular weight excluding hydrogens is 499 g/mol. The molecule has 0 aromatic heterocycles. The number of hydrogen-bond acceptors (Lipinski definition) is 2. The van der Waals surface area contributed by atoms with E-state index in [9.17, 15) is 4.79 Å². The molecule has 1 aliphatic heterocycles. The Hall–Kier alpha value is -2.09. The highest BCUT2D eigenvalue weighted by atomic mass is 127. The number of halogens is 1. The van der Waals surface area contributed by atoms with E-state index in [4.69, 9.17) is 4.99 Å². The molecule has 0 saturated carbocycles. The van der Waals surface area contributed by atoms with Crippen molar-refractivity contribution in [3.05, 3.63) is 71.3 Å². The maximum atomic E-state index is 12.4. The van der Waals surface area contributed by atoms with Crippen molar-refractivity contribution in [1.29, 1.82) is 0 Å². The number of aryl methyl sites for hydroxylation is 1. The number of amides is 1. The zero-order valence-corrected chi connectivity index (χ0v) is 21.1. The molecule has 2 aromatic rings. The summed E-state index contributed by atoms with van der Waals surface area (Å²) in [6.07, 6.45) is 2.79.